The topological polar surface area (TPSA) is 54.4 Å². The van der Waals surface area contributed by atoms with Gasteiger partial charge >= 0.3 is 0 Å². The number of ether oxygens (including phenoxy) is 2. The van der Waals surface area contributed by atoms with E-state index in [-0.39, 0.29) is 5.91 Å². The van der Waals surface area contributed by atoms with E-state index >= 15 is 0 Å². The van der Waals surface area contributed by atoms with Crippen molar-refractivity contribution in [2.45, 2.75) is 38.5 Å². The molecule has 2 heterocycles. The third-order valence-corrected chi connectivity index (χ3v) is 7.77. The molecule has 2 aromatic carbocycles. The first-order chi connectivity index (χ1) is 16.1. The molecule has 0 saturated carbocycles. The zero-order valence-electron chi connectivity index (χ0n) is 19.5. The molecule has 0 N–H and O–H groups in total. The van der Waals surface area contributed by atoms with Crippen molar-refractivity contribution in [1.82, 2.24) is 4.90 Å². The standard InChI is InChI=1S/C25H29N3O3S2/c1-5-8-15-28-23(29)22(33-25(28)26-17-9-11-18(12-10-17)31-7-3)24-27(6-2)20-16-19(30-4)13-14-21(20)32-24/h9-14,16H,5-8,15H2,1-4H3/b24-22-,26-25?. The van der Waals surface area contributed by atoms with E-state index in [9.17, 15) is 4.79 Å². The maximum Gasteiger partial charge on any atom is 0.269 e. The molecule has 0 radical (unpaired) electrons. The number of nitrogens with zero attached hydrogens (tertiary/aromatic N) is 3. The highest BCUT2D eigenvalue weighted by Gasteiger charge is 2.39. The van der Waals surface area contributed by atoms with Gasteiger partial charge in [-0.2, -0.15) is 0 Å². The van der Waals surface area contributed by atoms with Crippen molar-refractivity contribution in [3.63, 3.8) is 0 Å². The number of carbonyl (C=O) groups excluding carboxylic acids is 1. The van der Waals surface area contributed by atoms with Crippen LogP contribution in [0.2, 0.25) is 0 Å². The number of unbranched alkanes of at least 4 members (excludes halogenated alkanes) is 1. The molecular weight excluding hydrogens is 454 g/mol. The molecule has 2 aliphatic rings. The minimum Gasteiger partial charge on any atom is -0.497 e. The van der Waals surface area contributed by atoms with Gasteiger partial charge in [0.1, 0.15) is 21.4 Å². The van der Waals surface area contributed by atoms with Gasteiger partial charge in [0, 0.05) is 24.1 Å². The summed E-state index contributed by atoms with van der Waals surface area (Å²) in [5.74, 6) is 1.65. The second-order valence-corrected chi connectivity index (χ2v) is 9.56. The number of hydrogen-bond acceptors (Lipinski definition) is 7. The Balaban J connectivity index is 1.69. The molecule has 174 valence electrons. The molecule has 1 saturated heterocycles. The molecule has 0 unspecified atom stereocenters. The molecule has 0 bridgehead atoms. The van der Waals surface area contributed by atoms with Gasteiger partial charge < -0.3 is 14.4 Å². The van der Waals surface area contributed by atoms with Crippen LogP contribution in [0.3, 0.4) is 0 Å². The van der Waals surface area contributed by atoms with Gasteiger partial charge in [0.25, 0.3) is 5.91 Å². The van der Waals surface area contributed by atoms with E-state index in [1.807, 2.05) is 48.2 Å². The third kappa shape index (κ3) is 4.87. The van der Waals surface area contributed by atoms with Crippen molar-refractivity contribution in [1.29, 1.82) is 0 Å². The Morgan fingerprint density at radius 3 is 2.39 bits per heavy atom. The molecule has 1 amide bonds. The van der Waals surface area contributed by atoms with Crippen molar-refractivity contribution < 1.29 is 14.3 Å². The summed E-state index contributed by atoms with van der Waals surface area (Å²) in [5, 5.41) is 1.69. The summed E-state index contributed by atoms with van der Waals surface area (Å²) in [5.41, 5.74) is 1.88. The fraction of sp³-hybridized carbons (Fsp3) is 0.360. The summed E-state index contributed by atoms with van der Waals surface area (Å²) in [6.07, 6.45) is 1.94. The molecule has 4 rings (SSSR count). The summed E-state index contributed by atoms with van der Waals surface area (Å²) in [6, 6.07) is 13.7. The first-order valence-electron chi connectivity index (χ1n) is 11.3. The number of amidine groups is 1. The lowest BCUT2D eigenvalue weighted by Crippen LogP contribution is -2.30. The smallest absolute Gasteiger partial charge is 0.269 e. The van der Waals surface area contributed by atoms with E-state index in [4.69, 9.17) is 14.5 Å². The van der Waals surface area contributed by atoms with Crippen LogP contribution in [0.25, 0.3) is 0 Å². The van der Waals surface area contributed by atoms with Crippen molar-refractivity contribution in [3.8, 4) is 11.5 Å². The molecule has 1 fully saturated rings. The van der Waals surface area contributed by atoms with Crippen molar-refractivity contribution in [2.24, 2.45) is 4.99 Å². The summed E-state index contributed by atoms with van der Waals surface area (Å²) in [7, 11) is 1.67. The Labute approximate surface area is 204 Å². The van der Waals surface area contributed by atoms with Gasteiger partial charge in [-0.1, -0.05) is 25.1 Å². The number of aliphatic imine (C=N–C) groups is 1. The minimum atomic E-state index is 0.0267. The third-order valence-electron chi connectivity index (χ3n) is 5.39. The molecule has 33 heavy (non-hydrogen) atoms. The fourth-order valence-electron chi connectivity index (χ4n) is 3.70. The Hall–Kier alpha value is -2.58. The number of rotatable bonds is 8. The second-order valence-electron chi connectivity index (χ2n) is 7.55. The quantitative estimate of drug-likeness (QED) is 0.413. The summed E-state index contributed by atoms with van der Waals surface area (Å²) < 4.78 is 11.0. The number of amides is 1. The van der Waals surface area contributed by atoms with Crippen LogP contribution in [0.1, 0.15) is 33.6 Å². The van der Waals surface area contributed by atoms with E-state index in [1.165, 1.54) is 11.8 Å². The Morgan fingerprint density at radius 2 is 1.73 bits per heavy atom. The number of hydrogen-bond donors (Lipinski definition) is 0. The monoisotopic (exact) mass is 483 g/mol. The molecule has 0 spiro atoms. The minimum absolute atomic E-state index is 0.0267. The predicted molar refractivity (Wildman–Crippen MR) is 138 cm³/mol. The average molecular weight is 484 g/mol. The first kappa shape index (κ1) is 23.6. The lowest BCUT2D eigenvalue weighted by atomic mass is 10.2. The van der Waals surface area contributed by atoms with Gasteiger partial charge in [0.15, 0.2) is 5.17 Å². The summed E-state index contributed by atoms with van der Waals surface area (Å²) >= 11 is 3.11. The van der Waals surface area contributed by atoms with E-state index in [2.05, 4.69) is 24.8 Å². The number of anilines is 1. The molecule has 2 aromatic rings. The van der Waals surface area contributed by atoms with Crippen LogP contribution in [-0.4, -0.2) is 42.8 Å². The number of thioether (sulfide) groups is 2. The molecule has 0 aromatic heterocycles. The largest absolute Gasteiger partial charge is 0.497 e. The molecule has 0 aliphatic carbocycles. The highest BCUT2D eigenvalue weighted by atomic mass is 32.2. The molecular formula is C25H29N3O3S2. The highest BCUT2D eigenvalue weighted by molar-refractivity contribution is 8.19. The first-order valence-corrected chi connectivity index (χ1v) is 12.9. The lowest BCUT2D eigenvalue weighted by molar-refractivity contribution is -0.122. The molecule has 0 atom stereocenters. The van der Waals surface area contributed by atoms with E-state index < -0.39 is 0 Å². The summed E-state index contributed by atoms with van der Waals surface area (Å²) in [4.78, 5) is 24.3. The van der Waals surface area contributed by atoms with Gasteiger partial charge in [-0.15, -0.1) is 0 Å². The fourth-order valence-corrected chi connectivity index (χ4v) is 6.10. The van der Waals surface area contributed by atoms with Crippen LogP contribution < -0.4 is 14.4 Å². The predicted octanol–water partition coefficient (Wildman–Crippen LogP) is 6.26. The number of benzene rings is 2. The van der Waals surface area contributed by atoms with Crippen molar-refractivity contribution in [2.75, 3.05) is 31.7 Å². The van der Waals surface area contributed by atoms with Gasteiger partial charge in [0.05, 0.1) is 25.1 Å². The van der Waals surface area contributed by atoms with Gasteiger partial charge in [0.2, 0.25) is 0 Å². The number of carbonyl (C=O) groups is 1. The van der Waals surface area contributed by atoms with E-state index in [1.54, 1.807) is 18.9 Å². The number of fused-ring (bicyclic) bond motifs is 1. The van der Waals surface area contributed by atoms with Crippen LogP contribution >= 0.6 is 23.5 Å². The van der Waals surface area contributed by atoms with E-state index in [0.717, 1.165) is 62.3 Å². The van der Waals surface area contributed by atoms with Crippen molar-refractivity contribution in [3.05, 3.63) is 52.4 Å². The van der Waals surface area contributed by atoms with Crippen molar-refractivity contribution >= 4 is 46.0 Å². The van der Waals surface area contributed by atoms with Gasteiger partial charge in [-0.05, 0) is 68.4 Å². The highest BCUT2D eigenvalue weighted by Crippen LogP contribution is 2.51. The van der Waals surface area contributed by atoms with Gasteiger partial charge in [-0.3, -0.25) is 9.69 Å². The van der Waals surface area contributed by atoms with Crippen LogP contribution in [0.4, 0.5) is 11.4 Å². The molecule has 8 heteroatoms. The maximum atomic E-state index is 13.6. The second kappa shape index (κ2) is 10.6. The van der Waals surface area contributed by atoms with Gasteiger partial charge in [-0.25, -0.2) is 4.99 Å². The van der Waals surface area contributed by atoms with Crippen LogP contribution in [-0.2, 0) is 4.79 Å². The normalized spacial score (nSPS) is 18.9. The maximum absolute atomic E-state index is 13.6. The molecule has 6 nitrogen and oxygen atoms in total. The zero-order valence-corrected chi connectivity index (χ0v) is 21.1. The van der Waals surface area contributed by atoms with Crippen LogP contribution in [0, 0.1) is 0 Å². The molecule has 2 aliphatic heterocycles. The van der Waals surface area contributed by atoms with Crippen LogP contribution in [0.15, 0.2) is 62.3 Å². The van der Waals surface area contributed by atoms with E-state index in [0.29, 0.717) is 13.2 Å². The SMILES string of the molecule is CCCCN1C(=O)/C(=C2/Sc3ccc(OC)cc3N2CC)SC1=Nc1ccc(OCC)cc1. The van der Waals surface area contributed by atoms with Crippen LogP contribution in [0.5, 0.6) is 11.5 Å². The lowest BCUT2D eigenvalue weighted by Gasteiger charge is -2.19. The Morgan fingerprint density at radius 1 is 0.970 bits per heavy atom. The Bertz CT molecular complexity index is 1080. The number of methoxy groups -OCH3 is 1. The zero-order chi connectivity index (χ0) is 23.4. The summed E-state index contributed by atoms with van der Waals surface area (Å²) in [6.45, 7) is 8.24. The average Bonchev–Trinajstić information content (AvgIpc) is 3.35. The Kier molecular flexibility index (Phi) is 7.55.